The molecule has 3 rings (SSSR count). The van der Waals surface area contributed by atoms with E-state index in [4.69, 9.17) is 14.2 Å². The first-order valence-electron chi connectivity index (χ1n) is 8.03. The van der Waals surface area contributed by atoms with Crippen LogP contribution in [0.5, 0.6) is 17.2 Å². The van der Waals surface area contributed by atoms with Gasteiger partial charge in [-0.25, -0.2) is 4.79 Å². The topological polar surface area (TPSA) is 65.1 Å². The van der Waals surface area contributed by atoms with Crippen molar-refractivity contribution >= 4 is 17.6 Å². The maximum atomic E-state index is 11.9. The van der Waals surface area contributed by atoms with E-state index in [1.165, 1.54) is 0 Å². The lowest BCUT2D eigenvalue weighted by Gasteiger charge is -2.15. The molecule has 1 aliphatic heterocycles. The van der Waals surface area contributed by atoms with Crippen LogP contribution in [0.1, 0.15) is 12.8 Å². The Kier molecular flexibility index (Phi) is 5.18. The van der Waals surface area contributed by atoms with Crippen LogP contribution >= 0.6 is 0 Å². The Morgan fingerprint density at radius 1 is 1.00 bits per heavy atom. The zero-order valence-electron chi connectivity index (χ0n) is 13.9. The lowest BCUT2D eigenvalue weighted by molar-refractivity contribution is -0.136. The van der Waals surface area contributed by atoms with Gasteiger partial charge in [0.2, 0.25) is 5.91 Å². The van der Waals surface area contributed by atoms with Crippen molar-refractivity contribution in [2.45, 2.75) is 12.8 Å². The lowest BCUT2D eigenvalue weighted by Crippen LogP contribution is -2.23. The van der Waals surface area contributed by atoms with Gasteiger partial charge in [-0.15, -0.1) is 0 Å². The number of benzene rings is 2. The summed E-state index contributed by atoms with van der Waals surface area (Å²) < 4.78 is 15.7. The number of ether oxygens (including phenoxy) is 3. The van der Waals surface area contributed by atoms with E-state index in [1.54, 1.807) is 60.5 Å². The Morgan fingerprint density at radius 3 is 2.24 bits per heavy atom. The molecule has 6 heteroatoms. The van der Waals surface area contributed by atoms with Crippen molar-refractivity contribution in [1.29, 1.82) is 0 Å². The highest BCUT2D eigenvalue weighted by Gasteiger charge is 2.21. The van der Waals surface area contributed by atoms with Crippen LogP contribution in [0, 0.1) is 0 Å². The van der Waals surface area contributed by atoms with E-state index >= 15 is 0 Å². The first-order valence-corrected chi connectivity index (χ1v) is 8.03. The van der Waals surface area contributed by atoms with Crippen molar-refractivity contribution < 1.29 is 23.8 Å². The fourth-order valence-corrected chi connectivity index (χ4v) is 2.59. The van der Waals surface area contributed by atoms with Crippen molar-refractivity contribution in [2.24, 2.45) is 0 Å². The van der Waals surface area contributed by atoms with Gasteiger partial charge in [0.1, 0.15) is 17.2 Å². The summed E-state index contributed by atoms with van der Waals surface area (Å²) in [5, 5.41) is 0. The molecule has 2 aromatic rings. The van der Waals surface area contributed by atoms with Gasteiger partial charge in [-0.3, -0.25) is 4.79 Å². The molecular weight excluding hydrogens is 322 g/mol. The van der Waals surface area contributed by atoms with E-state index in [0.29, 0.717) is 23.7 Å². The third-order valence-corrected chi connectivity index (χ3v) is 3.87. The number of carbonyl (C=O) groups is 2. The van der Waals surface area contributed by atoms with E-state index < -0.39 is 5.97 Å². The second-order valence-corrected chi connectivity index (χ2v) is 5.58. The van der Waals surface area contributed by atoms with Crippen LogP contribution in [-0.4, -0.2) is 32.1 Å². The van der Waals surface area contributed by atoms with Gasteiger partial charge in [0.25, 0.3) is 0 Å². The number of hydrogen-bond acceptors (Lipinski definition) is 5. The van der Waals surface area contributed by atoms with Crippen LogP contribution in [0.4, 0.5) is 5.69 Å². The molecule has 0 bridgehead atoms. The summed E-state index contributed by atoms with van der Waals surface area (Å²) in [7, 11) is 1.58. The van der Waals surface area contributed by atoms with Gasteiger partial charge in [-0.2, -0.15) is 0 Å². The standard InChI is InChI=1S/C19H19NO5/c1-23-15-8-10-16(11-9-15)24-13-19(22)25-17-6-4-14(5-7-17)20-12-2-3-18(20)21/h4-11H,2-3,12-13H2,1H3. The van der Waals surface area contributed by atoms with Crippen LogP contribution < -0.4 is 19.1 Å². The van der Waals surface area contributed by atoms with Crippen molar-refractivity contribution in [2.75, 3.05) is 25.2 Å². The highest BCUT2D eigenvalue weighted by Crippen LogP contribution is 2.24. The molecule has 0 spiro atoms. The van der Waals surface area contributed by atoms with Crippen LogP contribution in [0.25, 0.3) is 0 Å². The van der Waals surface area contributed by atoms with Gasteiger partial charge in [-0.1, -0.05) is 0 Å². The number of hydrogen-bond donors (Lipinski definition) is 0. The summed E-state index contributed by atoms with van der Waals surface area (Å²) in [5.74, 6) is 1.31. The van der Waals surface area contributed by atoms with Crippen molar-refractivity contribution in [3.63, 3.8) is 0 Å². The Bertz CT molecular complexity index is 739. The minimum atomic E-state index is -0.499. The molecule has 1 saturated heterocycles. The van der Waals surface area contributed by atoms with Crippen molar-refractivity contribution in [3.05, 3.63) is 48.5 Å². The molecule has 25 heavy (non-hydrogen) atoms. The van der Waals surface area contributed by atoms with Gasteiger partial charge < -0.3 is 19.1 Å². The number of anilines is 1. The number of esters is 1. The summed E-state index contributed by atoms with van der Waals surface area (Å²) in [5.41, 5.74) is 0.816. The van der Waals surface area contributed by atoms with E-state index in [0.717, 1.165) is 18.7 Å². The number of methoxy groups -OCH3 is 1. The van der Waals surface area contributed by atoms with Crippen LogP contribution in [0.2, 0.25) is 0 Å². The monoisotopic (exact) mass is 341 g/mol. The van der Waals surface area contributed by atoms with Gasteiger partial charge in [0.15, 0.2) is 6.61 Å². The van der Waals surface area contributed by atoms with E-state index in [9.17, 15) is 9.59 Å². The Hall–Kier alpha value is -3.02. The minimum absolute atomic E-state index is 0.123. The summed E-state index contributed by atoms with van der Waals surface area (Å²) in [4.78, 5) is 25.3. The molecule has 130 valence electrons. The average molecular weight is 341 g/mol. The fraction of sp³-hybridized carbons (Fsp3) is 0.263. The van der Waals surface area contributed by atoms with E-state index in [1.807, 2.05) is 0 Å². The van der Waals surface area contributed by atoms with Gasteiger partial charge >= 0.3 is 5.97 Å². The normalized spacial score (nSPS) is 13.6. The molecule has 0 radical (unpaired) electrons. The molecule has 0 aliphatic carbocycles. The molecule has 0 N–H and O–H groups in total. The van der Waals surface area contributed by atoms with Crippen LogP contribution in [0.3, 0.4) is 0 Å². The van der Waals surface area contributed by atoms with E-state index in [-0.39, 0.29) is 12.5 Å². The number of nitrogens with zero attached hydrogens (tertiary/aromatic N) is 1. The summed E-state index contributed by atoms with van der Waals surface area (Å²) in [6.45, 7) is 0.534. The van der Waals surface area contributed by atoms with Crippen molar-refractivity contribution in [1.82, 2.24) is 0 Å². The van der Waals surface area contributed by atoms with Gasteiger partial charge in [0, 0.05) is 18.7 Å². The first-order chi connectivity index (χ1) is 12.2. The largest absolute Gasteiger partial charge is 0.497 e. The molecule has 0 aromatic heterocycles. The second-order valence-electron chi connectivity index (χ2n) is 5.58. The molecule has 0 saturated carbocycles. The van der Waals surface area contributed by atoms with Crippen LogP contribution in [0.15, 0.2) is 48.5 Å². The third kappa shape index (κ3) is 4.29. The fourth-order valence-electron chi connectivity index (χ4n) is 2.59. The average Bonchev–Trinajstić information content (AvgIpc) is 3.07. The van der Waals surface area contributed by atoms with Crippen molar-refractivity contribution in [3.8, 4) is 17.2 Å². The molecule has 6 nitrogen and oxygen atoms in total. The first kappa shape index (κ1) is 16.8. The van der Waals surface area contributed by atoms with Crippen LogP contribution in [-0.2, 0) is 9.59 Å². The minimum Gasteiger partial charge on any atom is -0.497 e. The summed E-state index contributed by atoms with van der Waals surface area (Å²) in [6.07, 6.45) is 1.46. The lowest BCUT2D eigenvalue weighted by atomic mass is 10.3. The number of amides is 1. The molecular formula is C19H19NO5. The number of carbonyl (C=O) groups excluding carboxylic acids is 2. The molecule has 0 atom stereocenters. The maximum absolute atomic E-state index is 11.9. The molecule has 1 amide bonds. The third-order valence-electron chi connectivity index (χ3n) is 3.87. The Labute approximate surface area is 145 Å². The SMILES string of the molecule is COc1ccc(OCC(=O)Oc2ccc(N3CCCC3=O)cc2)cc1. The molecule has 1 heterocycles. The predicted octanol–water partition coefficient (Wildman–Crippen LogP) is 2.81. The molecule has 2 aromatic carbocycles. The maximum Gasteiger partial charge on any atom is 0.349 e. The van der Waals surface area contributed by atoms with E-state index in [2.05, 4.69) is 0 Å². The Balaban J connectivity index is 1.51. The number of rotatable bonds is 6. The summed E-state index contributed by atoms with van der Waals surface area (Å²) in [6, 6.07) is 13.8. The smallest absolute Gasteiger partial charge is 0.349 e. The highest BCUT2D eigenvalue weighted by molar-refractivity contribution is 5.95. The van der Waals surface area contributed by atoms with Gasteiger partial charge in [0.05, 0.1) is 7.11 Å². The highest BCUT2D eigenvalue weighted by atomic mass is 16.6. The molecule has 1 fully saturated rings. The second kappa shape index (κ2) is 7.70. The summed E-state index contributed by atoms with van der Waals surface area (Å²) >= 11 is 0. The zero-order valence-corrected chi connectivity index (χ0v) is 13.9. The quantitative estimate of drug-likeness (QED) is 0.597. The molecule has 0 unspecified atom stereocenters. The molecule has 1 aliphatic rings. The zero-order chi connectivity index (χ0) is 17.6. The predicted molar refractivity (Wildman–Crippen MR) is 92.2 cm³/mol. The Morgan fingerprint density at radius 2 is 1.64 bits per heavy atom. The van der Waals surface area contributed by atoms with Gasteiger partial charge in [-0.05, 0) is 55.0 Å².